The third-order valence-corrected chi connectivity index (χ3v) is 3.27. The van der Waals surface area contributed by atoms with Crippen molar-refractivity contribution in [1.29, 1.82) is 0 Å². The van der Waals surface area contributed by atoms with E-state index in [9.17, 15) is 5.11 Å². The lowest BCUT2D eigenvalue weighted by Crippen LogP contribution is -2.14. The molecule has 2 rings (SSSR count). The van der Waals surface area contributed by atoms with Gasteiger partial charge in [-0.15, -0.1) is 0 Å². The van der Waals surface area contributed by atoms with Gasteiger partial charge in [-0.2, -0.15) is 4.98 Å². The van der Waals surface area contributed by atoms with Gasteiger partial charge in [0.2, 0.25) is 11.7 Å². The Hall–Kier alpha value is -1.39. The van der Waals surface area contributed by atoms with Crippen molar-refractivity contribution < 1.29 is 9.63 Å². The number of aliphatic hydroxyl groups excluding tert-OH is 1. The van der Waals surface area contributed by atoms with Crippen LogP contribution in [-0.4, -0.2) is 21.4 Å². The molecule has 2 aromatic rings. The fraction of sp³-hybridized carbons (Fsp3) is 0.385. The largest absolute Gasteiger partial charge is 0.392 e. The second-order valence-electron chi connectivity index (χ2n) is 4.20. The predicted octanol–water partition coefficient (Wildman–Crippen LogP) is 3.26. The van der Waals surface area contributed by atoms with E-state index in [4.69, 9.17) is 16.1 Å². The average Bonchev–Trinajstić information content (AvgIpc) is 2.87. The molecule has 0 saturated heterocycles. The molecule has 5 heteroatoms. The lowest BCUT2D eigenvalue weighted by Gasteiger charge is -2.11. The number of nitrogens with zero attached hydrogens (tertiary/aromatic N) is 2. The van der Waals surface area contributed by atoms with E-state index in [0.717, 1.165) is 5.56 Å². The van der Waals surface area contributed by atoms with E-state index in [-0.39, 0.29) is 5.92 Å². The lowest BCUT2D eigenvalue weighted by atomic mass is 10.0. The highest BCUT2D eigenvalue weighted by molar-refractivity contribution is 6.33. The Balaban J connectivity index is 2.29. The second-order valence-corrected chi connectivity index (χ2v) is 4.61. The highest BCUT2D eigenvalue weighted by Crippen LogP contribution is 2.27. The molecule has 0 radical (unpaired) electrons. The van der Waals surface area contributed by atoms with Crippen molar-refractivity contribution in [1.82, 2.24) is 10.1 Å². The van der Waals surface area contributed by atoms with Crippen molar-refractivity contribution in [2.24, 2.45) is 0 Å². The van der Waals surface area contributed by atoms with Gasteiger partial charge in [0.15, 0.2) is 0 Å². The number of hydrogen-bond acceptors (Lipinski definition) is 4. The molecule has 0 bridgehead atoms. The molecule has 0 saturated carbocycles. The Bertz CT molecular complexity index is 527. The number of hydrogen-bond donors (Lipinski definition) is 1. The van der Waals surface area contributed by atoms with Crippen LogP contribution < -0.4 is 0 Å². The molecule has 18 heavy (non-hydrogen) atoms. The Kier molecular flexibility index (Phi) is 3.99. The van der Waals surface area contributed by atoms with Crippen LogP contribution in [0, 0.1) is 0 Å². The van der Waals surface area contributed by atoms with Gasteiger partial charge in [0, 0.05) is 5.56 Å². The summed E-state index contributed by atoms with van der Waals surface area (Å²) in [6.07, 6.45) is 0.162. The van der Waals surface area contributed by atoms with Crippen molar-refractivity contribution in [2.45, 2.75) is 32.3 Å². The van der Waals surface area contributed by atoms with Crippen LogP contribution in [0.3, 0.4) is 0 Å². The first-order valence-electron chi connectivity index (χ1n) is 5.90. The number of aromatic nitrogens is 2. The van der Waals surface area contributed by atoms with Gasteiger partial charge < -0.3 is 9.63 Å². The molecule has 4 nitrogen and oxygen atoms in total. The Morgan fingerprint density at radius 3 is 2.78 bits per heavy atom. The molecule has 0 aliphatic rings. The third-order valence-electron chi connectivity index (χ3n) is 2.94. The molecule has 0 spiro atoms. The predicted molar refractivity (Wildman–Crippen MR) is 69.5 cm³/mol. The van der Waals surface area contributed by atoms with Crippen molar-refractivity contribution in [3.63, 3.8) is 0 Å². The van der Waals surface area contributed by atoms with Crippen molar-refractivity contribution in [3.05, 3.63) is 35.2 Å². The molecular formula is C13H15ClN2O2. The molecule has 1 aromatic carbocycles. The Labute approximate surface area is 111 Å². The highest BCUT2D eigenvalue weighted by Gasteiger charge is 2.21. The molecule has 1 aromatic heterocycles. The topological polar surface area (TPSA) is 59.2 Å². The number of benzene rings is 1. The van der Waals surface area contributed by atoms with Crippen LogP contribution in [0.1, 0.15) is 32.1 Å². The minimum absolute atomic E-state index is 0.182. The lowest BCUT2D eigenvalue weighted by molar-refractivity contribution is 0.129. The summed E-state index contributed by atoms with van der Waals surface area (Å²) < 4.78 is 5.18. The van der Waals surface area contributed by atoms with Gasteiger partial charge in [0.1, 0.15) is 0 Å². The van der Waals surface area contributed by atoms with Crippen LogP contribution in [0.4, 0.5) is 0 Å². The van der Waals surface area contributed by atoms with Crippen LogP contribution in [0.25, 0.3) is 11.4 Å². The van der Waals surface area contributed by atoms with Crippen LogP contribution >= 0.6 is 11.6 Å². The number of rotatable bonds is 4. The maximum absolute atomic E-state index is 9.76. The quantitative estimate of drug-likeness (QED) is 0.923. The summed E-state index contributed by atoms with van der Waals surface area (Å²) in [5.41, 5.74) is 0.729. The highest BCUT2D eigenvalue weighted by atomic mass is 35.5. The molecule has 96 valence electrons. The SMILES string of the molecule is CCC(O)C(C)c1nc(-c2ccccc2Cl)no1. The smallest absolute Gasteiger partial charge is 0.232 e. The maximum Gasteiger partial charge on any atom is 0.232 e. The average molecular weight is 267 g/mol. The second kappa shape index (κ2) is 5.50. The summed E-state index contributed by atoms with van der Waals surface area (Å²) in [6, 6.07) is 7.31. The van der Waals surface area contributed by atoms with E-state index in [1.807, 2.05) is 32.0 Å². The van der Waals surface area contributed by atoms with E-state index in [2.05, 4.69) is 10.1 Å². The van der Waals surface area contributed by atoms with Gasteiger partial charge in [0.25, 0.3) is 0 Å². The Morgan fingerprint density at radius 1 is 1.39 bits per heavy atom. The van der Waals surface area contributed by atoms with Gasteiger partial charge in [0.05, 0.1) is 17.0 Å². The fourth-order valence-corrected chi connectivity index (χ4v) is 1.91. The summed E-state index contributed by atoms with van der Waals surface area (Å²) in [6.45, 7) is 3.77. The van der Waals surface area contributed by atoms with Gasteiger partial charge in [-0.05, 0) is 18.6 Å². The minimum atomic E-state index is -0.482. The molecule has 0 amide bonds. The molecule has 1 heterocycles. The summed E-state index contributed by atoms with van der Waals surface area (Å²) in [5, 5.41) is 14.2. The van der Waals surface area contributed by atoms with Crippen molar-refractivity contribution >= 4 is 11.6 Å². The normalized spacial score (nSPS) is 14.4. The third kappa shape index (κ3) is 2.54. The molecule has 1 N–H and O–H groups in total. The number of halogens is 1. The van der Waals surface area contributed by atoms with Gasteiger partial charge in [-0.25, -0.2) is 0 Å². The first kappa shape index (κ1) is 13.1. The fourth-order valence-electron chi connectivity index (χ4n) is 1.69. The zero-order chi connectivity index (χ0) is 13.1. The maximum atomic E-state index is 9.76. The molecule has 0 aliphatic heterocycles. The summed E-state index contributed by atoms with van der Waals surface area (Å²) in [4.78, 5) is 4.29. The Morgan fingerprint density at radius 2 is 2.11 bits per heavy atom. The zero-order valence-corrected chi connectivity index (χ0v) is 11.1. The van der Waals surface area contributed by atoms with E-state index in [1.54, 1.807) is 6.07 Å². The van der Waals surface area contributed by atoms with Crippen LogP contribution in [-0.2, 0) is 0 Å². The molecule has 2 atom stereocenters. The van der Waals surface area contributed by atoms with Crippen molar-refractivity contribution in [2.75, 3.05) is 0 Å². The molecule has 2 unspecified atom stereocenters. The number of aliphatic hydroxyl groups is 1. The van der Waals surface area contributed by atoms with Crippen molar-refractivity contribution in [3.8, 4) is 11.4 Å². The van der Waals surface area contributed by atoms with E-state index in [0.29, 0.717) is 23.2 Å². The minimum Gasteiger partial charge on any atom is -0.392 e. The molecular weight excluding hydrogens is 252 g/mol. The van der Waals surface area contributed by atoms with Crippen LogP contribution in [0.2, 0.25) is 5.02 Å². The summed E-state index contributed by atoms with van der Waals surface area (Å²) >= 11 is 6.07. The first-order valence-corrected chi connectivity index (χ1v) is 6.27. The van der Waals surface area contributed by atoms with Gasteiger partial charge >= 0.3 is 0 Å². The van der Waals surface area contributed by atoms with Crippen LogP contribution in [0.15, 0.2) is 28.8 Å². The van der Waals surface area contributed by atoms with E-state index >= 15 is 0 Å². The molecule has 0 fully saturated rings. The zero-order valence-electron chi connectivity index (χ0n) is 10.3. The van der Waals surface area contributed by atoms with Crippen LogP contribution in [0.5, 0.6) is 0 Å². The standard InChI is InChI=1S/C13H15ClN2O2/c1-3-11(17)8(2)13-15-12(16-18-13)9-6-4-5-7-10(9)14/h4-8,11,17H,3H2,1-2H3. The summed E-state index contributed by atoms with van der Waals surface area (Å²) in [7, 11) is 0. The van der Waals surface area contributed by atoms with Gasteiger partial charge in [-0.3, -0.25) is 0 Å². The van der Waals surface area contributed by atoms with Gasteiger partial charge in [-0.1, -0.05) is 42.7 Å². The van der Waals surface area contributed by atoms with E-state index in [1.165, 1.54) is 0 Å². The monoisotopic (exact) mass is 266 g/mol. The first-order chi connectivity index (χ1) is 8.63. The summed E-state index contributed by atoms with van der Waals surface area (Å²) in [5.74, 6) is 0.698. The van der Waals surface area contributed by atoms with E-state index < -0.39 is 6.10 Å². The molecule has 0 aliphatic carbocycles.